The molecule has 0 radical (unpaired) electrons. The highest BCUT2D eigenvalue weighted by Gasteiger charge is 1.97. The Labute approximate surface area is 131 Å². The molecule has 0 saturated carbocycles. The summed E-state index contributed by atoms with van der Waals surface area (Å²) in [6, 6.07) is 3.76. The van der Waals surface area contributed by atoms with Gasteiger partial charge in [-0.25, -0.2) is 0 Å². The van der Waals surface area contributed by atoms with Crippen molar-refractivity contribution >= 4 is 29.9 Å². The zero-order valence-corrected chi connectivity index (χ0v) is 13.6. The summed E-state index contributed by atoms with van der Waals surface area (Å²) < 4.78 is 10.6. The van der Waals surface area contributed by atoms with Gasteiger partial charge in [0.2, 0.25) is 0 Å². The number of furan rings is 1. The molecule has 1 aromatic rings. The molecule has 0 aromatic carbocycles. The molecule has 0 fully saturated rings. The molecular weight excluding hydrogens is 357 g/mol. The lowest BCUT2D eigenvalue weighted by Gasteiger charge is -2.10. The van der Waals surface area contributed by atoms with Crippen molar-refractivity contribution in [2.24, 2.45) is 4.99 Å². The molecule has 0 atom stereocenters. The van der Waals surface area contributed by atoms with Crippen molar-refractivity contribution in [2.45, 2.75) is 13.0 Å². The van der Waals surface area contributed by atoms with Crippen LogP contribution in [0.3, 0.4) is 0 Å². The van der Waals surface area contributed by atoms with Crippen LogP contribution in [0.5, 0.6) is 0 Å². The molecule has 1 aromatic heterocycles. The molecule has 0 aliphatic carbocycles. The molecule has 1 rings (SSSR count). The Bertz CT molecular complexity index is 353. The predicted octanol–water partition coefficient (Wildman–Crippen LogP) is 2.16. The van der Waals surface area contributed by atoms with Crippen molar-refractivity contribution in [3.8, 4) is 0 Å². The summed E-state index contributed by atoms with van der Waals surface area (Å²) in [6.45, 7) is 6.37. The summed E-state index contributed by atoms with van der Waals surface area (Å²) in [4.78, 5) is 4.07. The molecule has 19 heavy (non-hydrogen) atoms. The van der Waals surface area contributed by atoms with E-state index in [0.29, 0.717) is 19.8 Å². The number of nitrogens with one attached hydrogen (secondary N) is 2. The van der Waals surface area contributed by atoms with Crippen molar-refractivity contribution in [3.63, 3.8) is 0 Å². The summed E-state index contributed by atoms with van der Waals surface area (Å²) in [7, 11) is 1.74. The average molecular weight is 379 g/mol. The van der Waals surface area contributed by atoms with Gasteiger partial charge in [0.1, 0.15) is 12.4 Å². The van der Waals surface area contributed by atoms with Crippen LogP contribution in [0.2, 0.25) is 0 Å². The summed E-state index contributed by atoms with van der Waals surface area (Å²) in [5.74, 6) is 1.63. The second kappa shape index (κ2) is 12.0. The van der Waals surface area contributed by atoms with E-state index in [0.717, 1.165) is 24.7 Å². The van der Waals surface area contributed by atoms with Gasteiger partial charge in [-0.2, -0.15) is 0 Å². The van der Waals surface area contributed by atoms with Crippen LogP contribution in [0.4, 0.5) is 0 Å². The molecule has 1 heterocycles. The maximum Gasteiger partial charge on any atom is 0.191 e. The van der Waals surface area contributed by atoms with Gasteiger partial charge in [-0.05, 0) is 18.6 Å². The smallest absolute Gasteiger partial charge is 0.191 e. The minimum absolute atomic E-state index is 0. The number of hydrogen-bond donors (Lipinski definition) is 2. The average Bonchev–Trinajstić information content (AvgIpc) is 2.90. The lowest BCUT2D eigenvalue weighted by Crippen LogP contribution is -2.38. The largest absolute Gasteiger partial charge is 0.467 e. The van der Waals surface area contributed by atoms with Crippen LogP contribution in [0.15, 0.2) is 40.5 Å². The van der Waals surface area contributed by atoms with Gasteiger partial charge in [0.15, 0.2) is 5.96 Å². The molecule has 0 bridgehead atoms. The van der Waals surface area contributed by atoms with Gasteiger partial charge in [-0.1, -0.05) is 6.08 Å². The van der Waals surface area contributed by atoms with Gasteiger partial charge in [0.05, 0.1) is 6.26 Å². The van der Waals surface area contributed by atoms with Crippen molar-refractivity contribution in [1.29, 1.82) is 0 Å². The van der Waals surface area contributed by atoms with Crippen LogP contribution in [-0.4, -0.2) is 32.7 Å². The zero-order chi connectivity index (χ0) is 13.1. The minimum atomic E-state index is 0. The highest BCUT2D eigenvalue weighted by atomic mass is 127. The van der Waals surface area contributed by atoms with Crippen LogP contribution in [0.1, 0.15) is 12.2 Å². The van der Waals surface area contributed by atoms with E-state index in [1.54, 1.807) is 19.4 Å². The molecule has 0 aliphatic heterocycles. The fourth-order valence-corrected chi connectivity index (χ4v) is 1.34. The standard InChI is InChI=1S/C13H21N3O2.HI/c1-3-7-15-13(14-2)16-8-5-9-17-11-12-6-4-10-18-12;/h3-4,6,10H,1,5,7-9,11H2,2H3,(H2,14,15,16);1H. The molecule has 0 spiro atoms. The Morgan fingerprint density at radius 2 is 2.37 bits per heavy atom. The fraction of sp³-hybridized carbons (Fsp3) is 0.462. The second-order valence-electron chi connectivity index (χ2n) is 3.65. The van der Waals surface area contributed by atoms with Gasteiger partial charge in [0, 0.05) is 26.7 Å². The van der Waals surface area contributed by atoms with Crippen LogP contribution >= 0.6 is 24.0 Å². The lowest BCUT2D eigenvalue weighted by molar-refractivity contribution is 0.105. The Kier molecular flexibility index (Phi) is 11.4. The van der Waals surface area contributed by atoms with Crippen molar-refractivity contribution < 1.29 is 9.15 Å². The fourth-order valence-electron chi connectivity index (χ4n) is 1.34. The first-order valence-electron chi connectivity index (χ1n) is 6.02. The predicted molar refractivity (Wildman–Crippen MR) is 88.0 cm³/mol. The molecule has 0 aliphatic rings. The van der Waals surface area contributed by atoms with Gasteiger partial charge < -0.3 is 19.8 Å². The number of hydrogen-bond acceptors (Lipinski definition) is 3. The van der Waals surface area contributed by atoms with E-state index in [2.05, 4.69) is 22.2 Å². The van der Waals surface area contributed by atoms with Crippen molar-refractivity contribution in [3.05, 3.63) is 36.8 Å². The zero-order valence-electron chi connectivity index (χ0n) is 11.2. The van der Waals surface area contributed by atoms with E-state index < -0.39 is 0 Å². The highest BCUT2D eigenvalue weighted by molar-refractivity contribution is 14.0. The SMILES string of the molecule is C=CCNC(=NC)NCCCOCc1ccco1.I. The summed E-state index contributed by atoms with van der Waals surface area (Å²) in [5.41, 5.74) is 0. The molecule has 0 amide bonds. The number of aliphatic imine (C=N–C) groups is 1. The van der Waals surface area contributed by atoms with E-state index in [9.17, 15) is 0 Å². The maximum absolute atomic E-state index is 5.46. The number of ether oxygens (including phenoxy) is 1. The molecular formula is C13H22IN3O2. The monoisotopic (exact) mass is 379 g/mol. The summed E-state index contributed by atoms with van der Waals surface area (Å²) >= 11 is 0. The molecule has 6 heteroatoms. The molecule has 2 N–H and O–H groups in total. The van der Waals surface area contributed by atoms with Gasteiger partial charge in [-0.3, -0.25) is 4.99 Å². The third kappa shape index (κ3) is 8.66. The summed E-state index contributed by atoms with van der Waals surface area (Å²) in [5, 5.41) is 6.28. The van der Waals surface area contributed by atoms with E-state index in [-0.39, 0.29) is 24.0 Å². The third-order valence-corrected chi connectivity index (χ3v) is 2.22. The first-order chi connectivity index (χ1) is 8.86. The number of nitrogens with zero attached hydrogens (tertiary/aromatic N) is 1. The van der Waals surface area contributed by atoms with E-state index in [4.69, 9.17) is 9.15 Å². The molecule has 108 valence electrons. The third-order valence-electron chi connectivity index (χ3n) is 2.22. The van der Waals surface area contributed by atoms with Crippen molar-refractivity contribution in [2.75, 3.05) is 26.7 Å². The van der Waals surface area contributed by atoms with Crippen molar-refractivity contribution in [1.82, 2.24) is 10.6 Å². The Balaban J connectivity index is 0.00000324. The first kappa shape index (κ1) is 18.0. The van der Waals surface area contributed by atoms with Crippen LogP contribution in [0.25, 0.3) is 0 Å². The highest BCUT2D eigenvalue weighted by Crippen LogP contribution is 2.01. The lowest BCUT2D eigenvalue weighted by atomic mass is 10.4. The number of rotatable bonds is 8. The minimum Gasteiger partial charge on any atom is -0.467 e. The topological polar surface area (TPSA) is 58.8 Å². The first-order valence-corrected chi connectivity index (χ1v) is 6.02. The number of halogens is 1. The molecule has 5 nitrogen and oxygen atoms in total. The Hall–Kier alpha value is -1.02. The maximum atomic E-state index is 5.46. The quantitative estimate of drug-likeness (QED) is 0.239. The second-order valence-corrected chi connectivity index (χ2v) is 3.65. The van der Waals surface area contributed by atoms with Gasteiger partial charge in [0.25, 0.3) is 0 Å². The van der Waals surface area contributed by atoms with E-state index in [1.165, 1.54) is 0 Å². The van der Waals surface area contributed by atoms with Crippen LogP contribution in [-0.2, 0) is 11.3 Å². The van der Waals surface area contributed by atoms with Crippen LogP contribution in [0, 0.1) is 0 Å². The Morgan fingerprint density at radius 3 is 3.00 bits per heavy atom. The van der Waals surface area contributed by atoms with Crippen LogP contribution < -0.4 is 10.6 Å². The van der Waals surface area contributed by atoms with E-state index >= 15 is 0 Å². The molecule has 0 saturated heterocycles. The number of guanidine groups is 1. The Morgan fingerprint density at radius 1 is 1.53 bits per heavy atom. The van der Waals surface area contributed by atoms with Gasteiger partial charge >= 0.3 is 0 Å². The molecule has 0 unspecified atom stereocenters. The van der Waals surface area contributed by atoms with E-state index in [1.807, 2.05) is 12.1 Å². The summed E-state index contributed by atoms with van der Waals surface area (Å²) in [6.07, 6.45) is 4.35. The normalized spacial score (nSPS) is 10.7. The van der Waals surface area contributed by atoms with Gasteiger partial charge in [-0.15, -0.1) is 30.6 Å².